The third kappa shape index (κ3) is 9.54. The van der Waals surface area contributed by atoms with E-state index in [1.807, 2.05) is 42.6 Å². The molecule has 1 amide bonds. The van der Waals surface area contributed by atoms with Crippen LogP contribution in [0.5, 0.6) is 5.75 Å². The maximum Gasteiger partial charge on any atom is 0.293 e. The molecule has 0 radical (unpaired) electrons. The lowest BCUT2D eigenvalue weighted by Gasteiger charge is -2.53. The van der Waals surface area contributed by atoms with Gasteiger partial charge in [0.1, 0.15) is 23.0 Å². The molecule has 8 rings (SSSR count). The van der Waals surface area contributed by atoms with Gasteiger partial charge in [0.15, 0.2) is 0 Å². The number of benzene rings is 3. The molecule has 13 nitrogen and oxygen atoms in total. The zero-order valence-corrected chi connectivity index (χ0v) is 37.9. The number of hydrogen-bond acceptors (Lipinski definition) is 10. The average molecular weight is 900 g/mol. The van der Waals surface area contributed by atoms with Crippen molar-refractivity contribution < 1.29 is 22.9 Å². The fourth-order valence-corrected chi connectivity index (χ4v) is 11.1. The molecule has 1 aromatic heterocycles. The summed E-state index contributed by atoms with van der Waals surface area (Å²) in [6.45, 7) is 8.69. The first-order valence-electron chi connectivity index (χ1n) is 21.6. The van der Waals surface area contributed by atoms with E-state index in [-0.39, 0.29) is 28.1 Å². The van der Waals surface area contributed by atoms with Gasteiger partial charge in [0.25, 0.3) is 21.6 Å². The van der Waals surface area contributed by atoms with Crippen molar-refractivity contribution in [2.45, 2.75) is 75.4 Å². The first-order chi connectivity index (χ1) is 29.8. The summed E-state index contributed by atoms with van der Waals surface area (Å²) in [5, 5.41) is 19.3. The number of nitrogens with one attached hydrogen (secondary N) is 4. The fraction of sp³-hybridized carbons (Fsp3) is 0.413. The van der Waals surface area contributed by atoms with Crippen molar-refractivity contribution in [1.82, 2.24) is 14.6 Å². The van der Waals surface area contributed by atoms with Crippen LogP contribution in [0, 0.1) is 21.4 Å². The Hall–Kier alpha value is -4.88. The Balaban J connectivity index is 1.00. The van der Waals surface area contributed by atoms with Gasteiger partial charge in [0.05, 0.1) is 21.9 Å². The second-order valence-corrected chi connectivity index (χ2v) is 20.2. The molecule has 328 valence electrons. The van der Waals surface area contributed by atoms with Crippen molar-refractivity contribution in [2.75, 3.05) is 54.8 Å². The van der Waals surface area contributed by atoms with E-state index in [2.05, 4.69) is 71.4 Å². The molecule has 0 saturated carbocycles. The molecular formula is C46H55ClN7O6PS. The lowest BCUT2D eigenvalue weighted by molar-refractivity contribution is -0.384. The molecule has 1 aliphatic carbocycles. The summed E-state index contributed by atoms with van der Waals surface area (Å²) in [6.07, 6.45) is 13.2. The van der Waals surface area contributed by atoms with Gasteiger partial charge in [-0.2, -0.15) is 0 Å². The number of nitro groups is 1. The molecule has 0 bridgehead atoms. The van der Waals surface area contributed by atoms with Crippen LogP contribution in [0.1, 0.15) is 80.3 Å². The standard InChI is InChI=1S/C46H55ClN7O6PS/c1-3-5-30(6-4-2)25-49-40-15-13-37(24-42(40)54(56)57)62(58,59)51-45(55)38-14-11-34(22-43(38)60-35-21-32-17-19-48-44(32)50-26-35)52-20-18-46(27-52)28-53(29-46)41-16-12-36(61)23-39(41)31-7-9-33(47)10-8-31/h7-11,13-15,17,19,21-24,30,36,41,48-50H,3-6,12,16,18,20,25-29,61H2,1-2H3,(H,51,55). The van der Waals surface area contributed by atoms with E-state index in [9.17, 15) is 23.3 Å². The monoisotopic (exact) mass is 899 g/mol. The number of ether oxygens (including phenoxy) is 1. The van der Waals surface area contributed by atoms with Crippen molar-refractivity contribution in [3.63, 3.8) is 0 Å². The molecule has 16 heteroatoms. The first-order valence-corrected chi connectivity index (χ1v) is 24.1. The largest absolute Gasteiger partial charge is 0.459 e. The predicted octanol–water partition coefficient (Wildman–Crippen LogP) is 9.17. The maximum atomic E-state index is 14.0. The highest BCUT2D eigenvalue weighted by molar-refractivity contribution is 7.90. The number of anilines is 3. The quantitative estimate of drug-likeness (QED) is 0.0485. The number of allylic oxidation sites excluding steroid dienone is 1. The van der Waals surface area contributed by atoms with Crippen LogP contribution in [0.2, 0.25) is 5.02 Å². The zero-order valence-electron chi connectivity index (χ0n) is 35.2. The zero-order chi connectivity index (χ0) is 43.6. The van der Waals surface area contributed by atoms with Crippen LogP contribution in [0.3, 0.4) is 0 Å². The lowest BCUT2D eigenvalue weighted by Crippen LogP contribution is -2.61. The Morgan fingerprint density at radius 3 is 2.56 bits per heavy atom. The number of aromatic amines is 1. The van der Waals surface area contributed by atoms with Crippen molar-refractivity contribution in [3.05, 3.63) is 117 Å². The molecule has 4 heterocycles. The number of halogens is 1. The molecule has 3 unspecified atom stereocenters. The molecule has 4 aliphatic rings. The van der Waals surface area contributed by atoms with Crippen molar-refractivity contribution >= 4 is 71.3 Å². The number of aromatic nitrogens is 1. The van der Waals surface area contributed by atoms with Gasteiger partial charge in [-0.25, -0.2) is 13.1 Å². The molecule has 3 atom stereocenters. The van der Waals surface area contributed by atoms with Crippen LogP contribution in [-0.2, 0) is 10.0 Å². The number of hydrogen-bond donors (Lipinski definition) is 4. The van der Waals surface area contributed by atoms with E-state index < -0.39 is 25.7 Å². The topological polar surface area (TPSA) is 162 Å². The van der Waals surface area contributed by atoms with Gasteiger partial charge in [0.2, 0.25) is 0 Å². The summed E-state index contributed by atoms with van der Waals surface area (Å²) in [5.74, 6) is 1.01. The Bertz CT molecular complexity index is 2480. The highest BCUT2D eigenvalue weighted by atomic mass is 35.5. The number of nitro benzene ring substituents is 1. The van der Waals surface area contributed by atoms with Crippen LogP contribution in [0.15, 0.2) is 89.7 Å². The number of nitrogens with zero attached hydrogens (tertiary/aromatic N) is 3. The fourth-order valence-electron chi connectivity index (χ4n) is 9.57. The normalized spacial score (nSPS) is 19.6. The van der Waals surface area contributed by atoms with E-state index >= 15 is 0 Å². The Kier molecular flexibility index (Phi) is 13.0. The number of sulfonamides is 1. The summed E-state index contributed by atoms with van der Waals surface area (Å²) < 4.78 is 36.1. The molecule has 2 fully saturated rings. The summed E-state index contributed by atoms with van der Waals surface area (Å²) in [7, 11) is -1.56. The van der Waals surface area contributed by atoms with E-state index in [0.29, 0.717) is 36.5 Å². The molecular weight excluding hydrogens is 845 g/mol. The summed E-state index contributed by atoms with van der Waals surface area (Å²) in [5.41, 5.74) is 4.74. The average Bonchev–Trinajstić information content (AvgIpc) is 3.91. The minimum Gasteiger partial charge on any atom is -0.459 e. The van der Waals surface area contributed by atoms with Crippen LogP contribution < -0.4 is 25.0 Å². The molecule has 3 aromatic carbocycles. The summed E-state index contributed by atoms with van der Waals surface area (Å²) in [6, 6.07) is 19.3. The number of rotatable bonds is 16. The van der Waals surface area contributed by atoms with Crippen molar-refractivity contribution in [1.29, 1.82) is 0 Å². The minimum absolute atomic E-state index is 0.0127. The first kappa shape index (κ1) is 43.8. The van der Waals surface area contributed by atoms with Gasteiger partial charge in [-0.15, -0.1) is 9.24 Å². The van der Waals surface area contributed by atoms with Gasteiger partial charge in [-0.05, 0) is 103 Å². The van der Waals surface area contributed by atoms with Crippen LogP contribution in [-0.4, -0.2) is 80.1 Å². The highest BCUT2D eigenvalue weighted by Crippen LogP contribution is 2.46. The number of amides is 1. The highest BCUT2D eigenvalue weighted by Gasteiger charge is 2.50. The van der Waals surface area contributed by atoms with E-state index in [1.165, 1.54) is 23.3 Å². The number of carbonyl (C=O) groups excluding carboxylic acids is 1. The molecule has 3 aliphatic heterocycles. The van der Waals surface area contributed by atoms with Gasteiger partial charge < -0.3 is 25.3 Å². The number of likely N-dealkylation sites (tertiary alicyclic amines) is 1. The predicted molar refractivity (Wildman–Crippen MR) is 251 cm³/mol. The third-order valence-electron chi connectivity index (χ3n) is 12.7. The Labute approximate surface area is 371 Å². The molecule has 4 N–H and O–H groups in total. The molecule has 62 heavy (non-hydrogen) atoms. The van der Waals surface area contributed by atoms with Gasteiger partial charge in [-0.3, -0.25) is 19.8 Å². The molecule has 2 saturated heterocycles. The number of H-pyrrole nitrogens is 1. The van der Waals surface area contributed by atoms with Crippen LogP contribution >= 0.6 is 20.8 Å². The second kappa shape index (κ2) is 18.5. The maximum absolute atomic E-state index is 14.0. The number of fused-ring (bicyclic) bond motifs is 1. The SMILES string of the molecule is CCCC(CCC)CNc1ccc(S(=O)(=O)NC(=O)c2ccc(N3CCC4(C3)CN(C3CCC(P)C=C3c3ccc(Cl)cc3)C4)cc2OC2=Cc3cc[nH]c3NC2)cc1[N+](=O)[O-]. The summed E-state index contributed by atoms with van der Waals surface area (Å²) in [4.78, 5) is 33.2. The Morgan fingerprint density at radius 1 is 1.05 bits per heavy atom. The van der Waals surface area contributed by atoms with Crippen LogP contribution in [0.4, 0.5) is 22.9 Å². The lowest BCUT2D eigenvalue weighted by atomic mass is 9.75. The van der Waals surface area contributed by atoms with Crippen molar-refractivity contribution in [3.8, 4) is 5.75 Å². The minimum atomic E-state index is -4.53. The third-order valence-corrected chi connectivity index (χ3v) is 14.8. The Morgan fingerprint density at radius 2 is 1.82 bits per heavy atom. The van der Waals surface area contributed by atoms with E-state index in [0.717, 1.165) is 99.3 Å². The number of carbonyl (C=O) groups is 1. The molecule has 4 aromatic rings. The van der Waals surface area contributed by atoms with Crippen LogP contribution in [0.25, 0.3) is 11.6 Å². The van der Waals surface area contributed by atoms with E-state index in [1.54, 1.807) is 6.07 Å². The van der Waals surface area contributed by atoms with Crippen molar-refractivity contribution in [2.24, 2.45) is 11.3 Å². The second-order valence-electron chi connectivity index (χ2n) is 17.2. The summed E-state index contributed by atoms with van der Waals surface area (Å²) >= 11 is 6.24. The van der Waals surface area contributed by atoms with E-state index in [4.69, 9.17) is 16.3 Å². The van der Waals surface area contributed by atoms with Gasteiger partial charge in [0, 0.05) is 78.8 Å². The van der Waals surface area contributed by atoms with Gasteiger partial charge >= 0.3 is 0 Å². The molecule has 1 spiro atoms. The van der Waals surface area contributed by atoms with Gasteiger partial charge in [-0.1, -0.05) is 56.5 Å². The smallest absolute Gasteiger partial charge is 0.293 e.